The Morgan fingerprint density at radius 3 is 2.64 bits per heavy atom. The zero-order valence-electron chi connectivity index (χ0n) is 14.0. The van der Waals surface area contributed by atoms with Gasteiger partial charge in [-0.15, -0.1) is 24.0 Å². The van der Waals surface area contributed by atoms with Crippen molar-refractivity contribution < 1.29 is 0 Å². The number of rotatable bonds is 9. The van der Waals surface area contributed by atoms with E-state index < -0.39 is 0 Å². The molecule has 126 valence electrons. The molecule has 0 aliphatic carbocycles. The molecule has 0 aromatic carbocycles. The fraction of sp³-hybridized carbons (Fsp3) is 0.625. The predicted molar refractivity (Wildman–Crippen MR) is 106 cm³/mol. The summed E-state index contributed by atoms with van der Waals surface area (Å²) in [6, 6.07) is 5.91. The van der Waals surface area contributed by atoms with Gasteiger partial charge in [0.25, 0.3) is 0 Å². The van der Waals surface area contributed by atoms with Crippen molar-refractivity contribution in [2.75, 3.05) is 39.0 Å². The van der Waals surface area contributed by atoms with Crippen LogP contribution < -0.4 is 10.6 Å². The molecule has 0 unspecified atom stereocenters. The van der Waals surface area contributed by atoms with Crippen molar-refractivity contribution in [2.45, 2.75) is 32.6 Å². The molecule has 0 aliphatic rings. The summed E-state index contributed by atoms with van der Waals surface area (Å²) in [6.45, 7) is 5.16. The fourth-order valence-corrected chi connectivity index (χ4v) is 2.02. The zero-order chi connectivity index (χ0) is 15.3. The monoisotopic (exact) mass is 419 g/mol. The molecule has 0 fully saturated rings. The second-order valence-electron chi connectivity index (χ2n) is 5.10. The van der Waals surface area contributed by atoms with E-state index in [4.69, 9.17) is 0 Å². The first-order valence-corrected chi connectivity index (χ1v) is 7.84. The largest absolute Gasteiger partial charge is 0.370 e. The van der Waals surface area contributed by atoms with E-state index in [1.165, 1.54) is 12.8 Å². The number of aliphatic imine (C=N–C) groups is 1. The minimum Gasteiger partial charge on any atom is -0.370 e. The van der Waals surface area contributed by atoms with Gasteiger partial charge in [-0.25, -0.2) is 4.98 Å². The summed E-state index contributed by atoms with van der Waals surface area (Å²) in [5.74, 6) is 1.93. The summed E-state index contributed by atoms with van der Waals surface area (Å²) in [6.07, 6.45) is 6.44. The summed E-state index contributed by atoms with van der Waals surface area (Å²) >= 11 is 0. The topological polar surface area (TPSA) is 52.5 Å². The smallest absolute Gasteiger partial charge is 0.193 e. The number of nitrogens with zero attached hydrogens (tertiary/aromatic N) is 3. The van der Waals surface area contributed by atoms with Crippen LogP contribution in [0.3, 0.4) is 0 Å². The Kier molecular flexibility index (Phi) is 13.0. The van der Waals surface area contributed by atoms with Gasteiger partial charge in [0, 0.05) is 39.9 Å². The van der Waals surface area contributed by atoms with E-state index in [0.29, 0.717) is 0 Å². The summed E-state index contributed by atoms with van der Waals surface area (Å²) in [5, 5.41) is 6.73. The van der Waals surface area contributed by atoms with E-state index in [-0.39, 0.29) is 24.0 Å². The third-order valence-corrected chi connectivity index (χ3v) is 3.28. The number of guanidine groups is 1. The maximum atomic E-state index is 4.31. The predicted octanol–water partition coefficient (Wildman–Crippen LogP) is 3.20. The van der Waals surface area contributed by atoms with Crippen LogP contribution in [-0.4, -0.2) is 49.6 Å². The molecule has 22 heavy (non-hydrogen) atoms. The number of halogens is 1. The molecule has 1 rings (SSSR count). The van der Waals surface area contributed by atoms with Crippen LogP contribution in [0.1, 0.15) is 32.6 Å². The highest BCUT2D eigenvalue weighted by Crippen LogP contribution is 2.00. The minimum absolute atomic E-state index is 0. The molecule has 0 bridgehead atoms. The molecule has 0 saturated heterocycles. The second kappa shape index (κ2) is 13.6. The van der Waals surface area contributed by atoms with Gasteiger partial charge >= 0.3 is 0 Å². The average molecular weight is 419 g/mol. The summed E-state index contributed by atoms with van der Waals surface area (Å²) < 4.78 is 0. The number of nitrogens with one attached hydrogen (secondary N) is 2. The van der Waals surface area contributed by atoms with Crippen molar-refractivity contribution in [3.63, 3.8) is 0 Å². The van der Waals surface area contributed by atoms with Crippen LogP contribution in [0.2, 0.25) is 0 Å². The van der Waals surface area contributed by atoms with Crippen molar-refractivity contribution in [1.29, 1.82) is 0 Å². The number of aromatic nitrogens is 1. The molecule has 0 spiro atoms. The molecule has 0 aliphatic heterocycles. The summed E-state index contributed by atoms with van der Waals surface area (Å²) in [4.78, 5) is 10.7. The lowest BCUT2D eigenvalue weighted by Crippen LogP contribution is -2.39. The molecule has 0 saturated carbocycles. The Morgan fingerprint density at radius 1 is 1.23 bits per heavy atom. The number of hydrogen-bond acceptors (Lipinski definition) is 3. The van der Waals surface area contributed by atoms with Crippen LogP contribution in [0, 0.1) is 0 Å². The lowest BCUT2D eigenvalue weighted by Gasteiger charge is -2.21. The van der Waals surface area contributed by atoms with Crippen LogP contribution in [0.5, 0.6) is 0 Å². The SMILES string of the molecule is CCCCN(C)C(=NC)NCCCCNc1ccccn1.I. The lowest BCUT2D eigenvalue weighted by atomic mass is 10.3. The minimum atomic E-state index is 0. The summed E-state index contributed by atoms with van der Waals surface area (Å²) in [5.41, 5.74) is 0. The van der Waals surface area contributed by atoms with Crippen LogP contribution in [0.15, 0.2) is 29.4 Å². The molecule has 1 heterocycles. The Bertz CT molecular complexity index is 397. The summed E-state index contributed by atoms with van der Waals surface area (Å²) in [7, 11) is 3.93. The van der Waals surface area contributed by atoms with Crippen molar-refractivity contribution in [1.82, 2.24) is 15.2 Å². The number of anilines is 1. The van der Waals surface area contributed by atoms with Gasteiger partial charge in [-0.2, -0.15) is 0 Å². The molecule has 1 aromatic heterocycles. The third kappa shape index (κ3) is 9.07. The Morgan fingerprint density at radius 2 is 2.00 bits per heavy atom. The van der Waals surface area contributed by atoms with Gasteiger partial charge in [-0.1, -0.05) is 19.4 Å². The van der Waals surface area contributed by atoms with E-state index in [1.54, 1.807) is 6.20 Å². The molecule has 0 radical (unpaired) electrons. The molecule has 0 atom stereocenters. The second-order valence-corrected chi connectivity index (χ2v) is 5.10. The standard InChI is InChI=1S/C16H29N5.HI/c1-4-5-14-21(3)16(17-2)20-13-9-8-12-19-15-10-6-7-11-18-15;/h6-7,10-11H,4-5,8-9,12-14H2,1-3H3,(H,17,20)(H,18,19);1H. The molecule has 1 aromatic rings. The highest BCUT2D eigenvalue weighted by Gasteiger charge is 2.03. The van der Waals surface area contributed by atoms with Crippen LogP contribution in [0.4, 0.5) is 5.82 Å². The van der Waals surface area contributed by atoms with Crippen molar-refractivity contribution in [3.8, 4) is 0 Å². The lowest BCUT2D eigenvalue weighted by molar-refractivity contribution is 0.463. The highest BCUT2D eigenvalue weighted by molar-refractivity contribution is 14.0. The Labute approximate surface area is 152 Å². The van der Waals surface area contributed by atoms with Crippen molar-refractivity contribution in [3.05, 3.63) is 24.4 Å². The third-order valence-electron chi connectivity index (χ3n) is 3.28. The molecule has 5 nitrogen and oxygen atoms in total. The highest BCUT2D eigenvalue weighted by atomic mass is 127. The van der Waals surface area contributed by atoms with E-state index in [9.17, 15) is 0 Å². The maximum Gasteiger partial charge on any atom is 0.193 e. The number of hydrogen-bond donors (Lipinski definition) is 2. The fourth-order valence-electron chi connectivity index (χ4n) is 2.02. The van der Waals surface area contributed by atoms with Gasteiger partial charge in [0.05, 0.1) is 0 Å². The van der Waals surface area contributed by atoms with Crippen molar-refractivity contribution in [2.24, 2.45) is 4.99 Å². The molecule has 0 amide bonds. The van der Waals surface area contributed by atoms with Crippen LogP contribution in [0.25, 0.3) is 0 Å². The average Bonchev–Trinajstić information content (AvgIpc) is 2.53. The first-order chi connectivity index (χ1) is 10.3. The normalized spacial score (nSPS) is 10.8. The van der Waals surface area contributed by atoms with E-state index in [1.807, 2.05) is 25.2 Å². The van der Waals surface area contributed by atoms with Crippen molar-refractivity contribution >= 4 is 35.8 Å². The number of pyridine rings is 1. The van der Waals surface area contributed by atoms with Gasteiger partial charge in [0.1, 0.15) is 5.82 Å². The molecular formula is C16H30IN5. The van der Waals surface area contributed by atoms with Crippen LogP contribution in [-0.2, 0) is 0 Å². The zero-order valence-corrected chi connectivity index (χ0v) is 16.3. The van der Waals surface area contributed by atoms with E-state index >= 15 is 0 Å². The van der Waals surface area contributed by atoms with Gasteiger partial charge in [-0.05, 0) is 31.4 Å². The maximum absolute atomic E-state index is 4.31. The van der Waals surface area contributed by atoms with Gasteiger partial charge in [0.15, 0.2) is 5.96 Å². The Balaban J connectivity index is 0.00000441. The Hall–Kier alpha value is -1.05. The van der Waals surface area contributed by atoms with Crippen LogP contribution >= 0.6 is 24.0 Å². The molecular weight excluding hydrogens is 389 g/mol. The first kappa shape index (κ1) is 20.9. The quantitative estimate of drug-likeness (QED) is 0.279. The number of unbranched alkanes of at least 4 members (excludes halogenated alkanes) is 2. The molecule has 6 heteroatoms. The van der Waals surface area contributed by atoms with Gasteiger partial charge in [-0.3, -0.25) is 4.99 Å². The van der Waals surface area contributed by atoms with E-state index in [2.05, 4.69) is 39.5 Å². The first-order valence-electron chi connectivity index (χ1n) is 7.84. The van der Waals surface area contributed by atoms with E-state index in [0.717, 1.165) is 44.3 Å². The van der Waals surface area contributed by atoms with Gasteiger partial charge in [0.2, 0.25) is 0 Å². The molecule has 2 N–H and O–H groups in total. The van der Waals surface area contributed by atoms with Gasteiger partial charge < -0.3 is 15.5 Å².